The lowest BCUT2D eigenvalue weighted by Gasteiger charge is -2.02. The zero-order valence-electron chi connectivity index (χ0n) is 7.76. The predicted molar refractivity (Wildman–Crippen MR) is 54.4 cm³/mol. The number of hydrogen-bond donors (Lipinski definition) is 1. The Morgan fingerprint density at radius 3 is 2.58 bits per heavy atom. The predicted octanol–water partition coefficient (Wildman–Crippen LogP) is 1.64. The number of quaternary nitrogens is 1. The topological polar surface area (TPSA) is 27.6 Å². The Hall–Kier alpha value is -0.470. The van der Waals surface area contributed by atoms with E-state index in [2.05, 4.69) is 37.8 Å². The Bertz CT molecular complexity index is 258. The molecule has 0 bridgehead atoms. The van der Waals surface area contributed by atoms with Crippen LogP contribution in [0.5, 0.6) is 0 Å². The van der Waals surface area contributed by atoms with Crippen molar-refractivity contribution in [2.75, 3.05) is 12.3 Å². The molecule has 0 aliphatic carbocycles. The summed E-state index contributed by atoms with van der Waals surface area (Å²) in [7, 11) is 0. The summed E-state index contributed by atoms with van der Waals surface area (Å²) in [4.78, 5) is 1.36. The van der Waals surface area contributed by atoms with E-state index >= 15 is 0 Å². The van der Waals surface area contributed by atoms with Crippen molar-refractivity contribution in [2.45, 2.75) is 18.7 Å². The number of hydrogen-bond acceptors (Lipinski definition) is 1. The van der Waals surface area contributed by atoms with Gasteiger partial charge < -0.3 is 5.73 Å². The van der Waals surface area contributed by atoms with Crippen LogP contribution < -0.4 is 5.73 Å². The molecule has 0 amide bonds. The molecule has 0 saturated carbocycles. The van der Waals surface area contributed by atoms with Crippen LogP contribution in [0.15, 0.2) is 23.1 Å². The van der Waals surface area contributed by atoms with Crippen molar-refractivity contribution < 1.29 is 5.73 Å². The van der Waals surface area contributed by atoms with Crippen LogP contribution in [-0.2, 0) is 0 Å². The molecule has 0 heterocycles. The van der Waals surface area contributed by atoms with Crippen LogP contribution in [0.3, 0.4) is 0 Å². The summed E-state index contributed by atoms with van der Waals surface area (Å²) < 4.78 is 0. The summed E-state index contributed by atoms with van der Waals surface area (Å²) >= 11 is 1.88. The van der Waals surface area contributed by atoms with Gasteiger partial charge in [0.15, 0.2) is 0 Å². The minimum Gasteiger partial charge on any atom is -0.357 e. The molecule has 0 aliphatic heterocycles. The van der Waals surface area contributed by atoms with E-state index < -0.39 is 0 Å². The van der Waals surface area contributed by atoms with Crippen molar-refractivity contribution in [1.29, 1.82) is 0 Å². The zero-order chi connectivity index (χ0) is 8.97. The average molecular weight is 182 g/mol. The van der Waals surface area contributed by atoms with Crippen LogP contribution in [0.2, 0.25) is 0 Å². The molecule has 0 saturated heterocycles. The average Bonchev–Trinajstić information content (AvgIpc) is 2.07. The smallest absolute Gasteiger partial charge is 0.0835 e. The third kappa shape index (κ3) is 2.54. The Balaban J connectivity index is 2.69. The van der Waals surface area contributed by atoms with Gasteiger partial charge >= 0.3 is 0 Å². The van der Waals surface area contributed by atoms with Gasteiger partial charge in [0, 0.05) is 10.6 Å². The molecule has 1 aromatic carbocycles. The van der Waals surface area contributed by atoms with Crippen molar-refractivity contribution in [3.63, 3.8) is 0 Å². The Morgan fingerprint density at radius 2 is 2.00 bits per heavy atom. The van der Waals surface area contributed by atoms with Gasteiger partial charge in [0.05, 0.1) is 6.54 Å². The minimum absolute atomic E-state index is 0.998. The van der Waals surface area contributed by atoms with E-state index in [1.807, 2.05) is 11.8 Å². The molecular formula is C10H16NS+. The highest BCUT2D eigenvalue weighted by Crippen LogP contribution is 2.19. The summed E-state index contributed by atoms with van der Waals surface area (Å²) in [6, 6.07) is 6.61. The second kappa shape index (κ2) is 4.53. The third-order valence-electron chi connectivity index (χ3n) is 1.89. The van der Waals surface area contributed by atoms with Crippen molar-refractivity contribution in [1.82, 2.24) is 0 Å². The van der Waals surface area contributed by atoms with Gasteiger partial charge in [-0.25, -0.2) is 0 Å². The minimum atomic E-state index is 0.998. The fourth-order valence-electron chi connectivity index (χ4n) is 0.994. The summed E-state index contributed by atoms with van der Waals surface area (Å²) in [5.41, 5.74) is 6.57. The maximum absolute atomic E-state index is 3.82. The summed E-state index contributed by atoms with van der Waals surface area (Å²) in [6.45, 7) is 5.30. The van der Waals surface area contributed by atoms with E-state index in [0.717, 1.165) is 12.3 Å². The first kappa shape index (κ1) is 9.62. The van der Waals surface area contributed by atoms with Gasteiger partial charge in [-0.2, -0.15) is 0 Å². The molecule has 1 aromatic rings. The maximum Gasteiger partial charge on any atom is 0.0835 e. The standard InChI is InChI=1S/C10H15NS/c1-8-3-4-10(7-9(8)2)12-6-5-11/h3-4,7H,5-6,11H2,1-2H3/p+1. The van der Waals surface area contributed by atoms with Gasteiger partial charge in [0.25, 0.3) is 0 Å². The quantitative estimate of drug-likeness (QED) is 0.707. The van der Waals surface area contributed by atoms with E-state index in [1.54, 1.807) is 0 Å². The number of rotatable bonds is 3. The third-order valence-corrected chi connectivity index (χ3v) is 2.97. The van der Waals surface area contributed by atoms with Gasteiger partial charge in [0.1, 0.15) is 0 Å². The number of aryl methyl sites for hydroxylation is 2. The SMILES string of the molecule is Cc1ccc(SCC[NH3+])cc1C. The monoisotopic (exact) mass is 182 g/mol. The van der Waals surface area contributed by atoms with Crippen molar-refractivity contribution in [3.8, 4) is 0 Å². The van der Waals surface area contributed by atoms with E-state index in [1.165, 1.54) is 16.0 Å². The van der Waals surface area contributed by atoms with Crippen molar-refractivity contribution in [2.24, 2.45) is 0 Å². The molecule has 0 unspecified atom stereocenters. The first-order valence-electron chi connectivity index (χ1n) is 4.23. The lowest BCUT2D eigenvalue weighted by atomic mass is 10.1. The lowest BCUT2D eigenvalue weighted by Crippen LogP contribution is -2.51. The molecule has 0 fully saturated rings. The van der Waals surface area contributed by atoms with Gasteiger partial charge in [0.2, 0.25) is 0 Å². The van der Waals surface area contributed by atoms with E-state index in [0.29, 0.717) is 0 Å². The van der Waals surface area contributed by atoms with Gasteiger partial charge in [-0.3, -0.25) is 0 Å². The fraction of sp³-hybridized carbons (Fsp3) is 0.400. The molecule has 12 heavy (non-hydrogen) atoms. The van der Waals surface area contributed by atoms with Gasteiger partial charge in [-0.1, -0.05) is 6.07 Å². The van der Waals surface area contributed by atoms with Crippen LogP contribution in [-0.4, -0.2) is 12.3 Å². The molecule has 66 valence electrons. The molecule has 2 heteroatoms. The Morgan fingerprint density at radius 1 is 1.25 bits per heavy atom. The number of thioether (sulfide) groups is 1. The van der Waals surface area contributed by atoms with Crippen molar-refractivity contribution >= 4 is 11.8 Å². The second-order valence-corrected chi connectivity index (χ2v) is 4.12. The largest absolute Gasteiger partial charge is 0.357 e. The Labute approximate surface area is 78.4 Å². The normalized spacial score (nSPS) is 10.2. The van der Waals surface area contributed by atoms with Gasteiger partial charge in [-0.05, 0) is 37.1 Å². The Kier molecular flexibility index (Phi) is 3.63. The fourth-order valence-corrected chi connectivity index (χ4v) is 1.80. The van der Waals surface area contributed by atoms with Crippen molar-refractivity contribution in [3.05, 3.63) is 29.3 Å². The molecule has 3 N–H and O–H groups in total. The van der Waals surface area contributed by atoms with E-state index in [4.69, 9.17) is 0 Å². The highest BCUT2D eigenvalue weighted by atomic mass is 32.2. The second-order valence-electron chi connectivity index (χ2n) is 2.95. The molecule has 1 nitrogen and oxygen atoms in total. The molecule has 0 aliphatic rings. The summed E-state index contributed by atoms with van der Waals surface area (Å²) in [6.07, 6.45) is 0. The van der Waals surface area contributed by atoms with Crippen LogP contribution in [0.4, 0.5) is 0 Å². The van der Waals surface area contributed by atoms with E-state index in [-0.39, 0.29) is 0 Å². The maximum atomic E-state index is 3.82. The summed E-state index contributed by atoms with van der Waals surface area (Å²) in [5.74, 6) is 1.11. The molecule has 0 atom stereocenters. The number of benzene rings is 1. The highest BCUT2D eigenvalue weighted by molar-refractivity contribution is 7.99. The van der Waals surface area contributed by atoms with E-state index in [9.17, 15) is 0 Å². The van der Waals surface area contributed by atoms with Gasteiger partial charge in [-0.15, -0.1) is 11.8 Å². The molecular weight excluding hydrogens is 166 g/mol. The molecule has 0 spiro atoms. The molecule has 1 rings (SSSR count). The lowest BCUT2D eigenvalue weighted by molar-refractivity contribution is -0.360. The first-order valence-corrected chi connectivity index (χ1v) is 5.22. The van der Waals surface area contributed by atoms with Crippen LogP contribution in [0.25, 0.3) is 0 Å². The van der Waals surface area contributed by atoms with Crippen LogP contribution in [0, 0.1) is 13.8 Å². The summed E-state index contributed by atoms with van der Waals surface area (Å²) in [5, 5.41) is 0. The van der Waals surface area contributed by atoms with Crippen LogP contribution in [0.1, 0.15) is 11.1 Å². The highest BCUT2D eigenvalue weighted by Gasteiger charge is 1.96. The molecule has 0 aromatic heterocycles. The first-order chi connectivity index (χ1) is 5.74. The van der Waals surface area contributed by atoms with Crippen LogP contribution >= 0.6 is 11.8 Å². The molecule has 0 radical (unpaired) electrons. The zero-order valence-corrected chi connectivity index (χ0v) is 8.58.